The molecule has 1 fully saturated rings. The molecule has 0 radical (unpaired) electrons. The van der Waals surface area contributed by atoms with E-state index in [1.807, 2.05) is 6.92 Å². The van der Waals surface area contributed by atoms with Gasteiger partial charge < -0.3 is 9.64 Å². The van der Waals surface area contributed by atoms with Gasteiger partial charge in [-0.3, -0.25) is 14.8 Å². The van der Waals surface area contributed by atoms with Crippen molar-refractivity contribution >= 4 is 11.6 Å². The summed E-state index contributed by atoms with van der Waals surface area (Å²) in [5, 5.41) is 0. The number of halogens is 2. The number of allylic oxidation sites excluding steroid dienone is 2. The molecule has 1 amide bonds. The molecule has 28 heavy (non-hydrogen) atoms. The number of carbonyl (C=O) groups is 1. The summed E-state index contributed by atoms with van der Waals surface area (Å²) in [6.07, 6.45) is 7.45. The molecule has 1 aromatic heterocycles. The summed E-state index contributed by atoms with van der Waals surface area (Å²) in [5.41, 5.74) is 0.348. The molecule has 1 aliphatic heterocycles. The molecule has 0 unspecified atom stereocenters. The molecule has 0 saturated carbocycles. The Morgan fingerprint density at radius 2 is 2.07 bits per heavy atom. The topological polar surface area (TPSA) is 54.8 Å². The zero-order valence-electron chi connectivity index (χ0n) is 16.2. The normalized spacial score (nSPS) is 16.3. The van der Waals surface area contributed by atoms with Gasteiger partial charge in [-0.25, -0.2) is 0 Å². The van der Waals surface area contributed by atoms with Crippen LogP contribution in [0.5, 0.6) is 5.75 Å². The second kappa shape index (κ2) is 9.39. The van der Waals surface area contributed by atoms with E-state index in [1.54, 1.807) is 17.2 Å². The van der Waals surface area contributed by atoms with Gasteiger partial charge in [0.15, 0.2) is 0 Å². The van der Waals surface area contributed by atoms with Crippen molar-refractivity contribution in [3.8, 4) is 5.75 Å². The van der Waals surface area contributed by atoms with Crippen molar-refractivity contribution < 1.29 is 18.3 Å². The summed E-state index contributed by atoms with van der Waals surface area (Å²) >= 11 is 0. The molecule has 2 rings (SSSR count). The lowest BCUT2D eigenvalue weighted by Gasteiger charge is -2.32. The number of nitrogens with zero attached hydrogens (tertiary/aromatic N) is 3. The summed E-state index contributed by atoms with van der Waals surface area (Å²) < 4.78 is 32.3. The van der Waals surface area contributed by atoms with Crippen molar-refractivity contribution in [2.45, 2.75) is 32.6 Å². The summed E-state index contributed by atoms with van der Waals surface area (Å²) in [7, 11) is 0. The number of alkyl halides is 2. The molecule has 0 bridgehead atoms. The van der Waals surface area contributed by atoms with Gasteiger partial charge in [0.2, 0.25) is 5.91 Å². The van der Waals surface area contributed by atoms with Crippen molar-refractivity contribution in [1.29, 1.82) is 0 Å². The van der Waals surface area contributed by atoms with E-state index in [-0.39, 0.29) is 17.5 Å². The lowest BCUT2D eigenvalue weighted by molar-refractivity contribution is -0.127. The number of piperidine rings is 1. The molecule has 0 atom stereocenters. The molecule has 150 valence electrons. The largest absolute Gasteiger partial charge is 0.454 e. The molecule has 1 aliphatic rings. The van der Waals surface area contributed by atoms with Gasteiger partial charge in [-0.2, -0.15) is 8.78 Å². The van der Waals surface area contributed by atoms with Crippen molar-refractivity contribution in [1.82, 2.24) is 9.88 Å². The molecule has 1 aromatic rings. The Kier molecular flexibility index (Phi) is 7.20. The predicted octanol–water partition coefficient (Wildman–Crippen LogP) is 4.49. The Morgan fingerprint density at radius 3 is 2.57 bits per heavy atom. The minimum absolute atomic E-state index is 0.0739. The third-order valence-corrected chi connectivity index (χ3v) is 4.44. The highest BCUT2D eigenvalue weighted by Gasteiger charge is 2.28. The lowest BCUT2D eigenvalue weighted by atomic mass is 9.91. The van der Waals surface area contributed by atoms with Crippen molar-refractivity contribution in [3.63, 3.8) is 0 Å². The number of hydrogen-bond donors (Lipinski definition) is 0. The zero-order chi connectivity index (χ0) is 20.7. The van der Waals surface area contributed by atoms with E-state index < -0.39 is 5.92 Å². The average molecular weight is 389 g/mol. The summed E-state index contributed by atoms with van der Waals surface area (Å²) in [6, 6.07) is 2.66. The van der Waals surface area contributed by atoms with E-state index in [1.165, 1.54) is 24.4 Å². The molecule has 2 heterocycles. The molecule has 5 nitrogen and oxygen atoms in total. The number of likely N-dealkylation sites (tertiary alicyclic amines) is 1. The fraction of sp³-hybridized carbons (Fsp3) is 0.381. The Balaban J connectivity index is 2.10. The van der Waals surface area contributed by atoms with Crippen LogP contribution < -0.4 is 4.74 Å². The smallest absolute Gasteiger partial charge is 0.286 e. The van der Waals surface area contributed by atoms with Gasteiger partial charge >= 0.3 is 0 Å². The lowest BCUT2D eigenvalue weighted by Crippen LogP contribution is -2.40. The molecule has 1 saturated heterocycles. The van der Waals surface area contributed by atoms with Gasteiger partial charge in [0.1, 0.15) is 17.2 Å². The second-order valence-corrected chi connectivity index (χ2v) is 6.59. The summed E-state index contributed by atoms with van der Waals surface area (Å²) in [5.74, 6) is -2.37. The van der Waals surface area contributed by atoms with Gasteiger partial charge in [-0.1, -0.05) is 19.2 Å². The number of hydrogen-bond acceptors (Lipinski definition) is 4. The molecular formula is C21H25F2N3O2. The van der Waals surface area contributed by atoms with Crippen molar-refractivity contribution in [3.05, 3.63) is 61.3 Å². The Morgan fingerprint density at radius 1 is 1.39 bits per heavy atom. The van der Waals surface area contributed by atoms with Gasteiger partial charge in [0.25, 0.3) is 5.92 Å². The van der Waals surface area contributed by atoms with Crippen LogP contribution in [0.25, 0.3) is 0 Å². The fourth-order valence-corrected chi connectivity index (χ4v) is 2.96. The van der Waals surface area contributed by atoms with E-state index in [9.17, 15) is 13.6 Å². The highest BCUT2D eigenvalue weighted by atomic mass is 19.3. The van der Waals surface area contributed by atoms with Crippen LogP contribution in [0.4, 0.5) is 8.78 Å². The second-order valence-electron chi connectivity index (χ2n) is 6.59. The van der Waals surface area contributed by atoms with E-state index in [2.05, 4.69) is 23.1 Å². The first-order valence-corrected chi connectivity index (χ1v) is 9.08. The number of pyridine rings is 1. The van der Waals surface area contributed by atoms with Gasteiger partial charge in [0.05, 0.1) is 11.9 Å². The predicted molar refractivity (Wildman–Crippen MR) is 105 cm³/mol. The van der Waals surface area contributed by atoms with Crippen LogP contribution in [-0.4, -0.2) is 34.6 Å². The van der Waals surface area contributed by atoms with E-state index in [0.717, 1.165) is 19.8 Å². The molecule has 0 spiro atoms. The number of aliphatic imine (C=N–C) groups is 1. The summed E-state index contributed by atoms with van der Waals surface area (Å²) in [4.78, 5) is 21.7. The van der Waals surface area contributed by atoms with Crippen LogP contribution in [0, 0.1) is 5.92 Å². The highest BCUT2D eigenvalue weighted by Crippen LogP contribution is 2.27. The first-order chi connectivity index (χ1) is 13.3. The first-order valence-electron chi connectivity index (χ1n) is 9.08. The zero-order valence-corrected chi connectivity index (χ0v) is 16.2. The third-order valence-electron chi connectivity index (χ3n) is 4.44. The van der Waals surface area contributed by atoms with Crippen LogP contribution in [0.2, 0.25) is 0 Å². The Labute approximate surface area is 164 Å². The highest BCUT2D eigenvalue weighted by molar-refractivity contribution is 6.00. The van der Waals surface area contributed by atoms with Crippen LogP contribution in [0.1, 0.15) is 32.4 Å². The number of ether oxygens (including phenoxy) is 1. The maximum atomic E-state index is 13.3. The average Bonchev–Trinajstić information content (AvgIpc) is 2.68. The molecule has 0 aromatic carbocycles. The number of rotatable bonds is 7. The third kappa shape index (κ3) is 5.58. The fourth-order valence-electron chi connectivity index (χ4n) is 2.96. The Bertz CT molecular complexity index is 772. The maximum absolute atomic E-state index is 13.3. The minimum Gasteiger partial charge on any atom is -0.454 e. The molecule has 0 aliphatic carbocycles. The molecule has 7 heteroatoms. The van der Waals surface area contributed by atoms with Crippen LogP contribution in [0.15, 0.2) is 60.6 Å². The first kappa shape index (κ1) is 21.5. The van der Waals surface area contributed by atoms with E-state index >= 15 is 0 Å². The van der Waals surface area contributed by atoms with E-state index in [4.69, 9.17) is 4.74 Å². The van der Waals surface area contributed by atoms with Gasteiger partial charge in [-0.05, 0) is 38.0 Å². The standard InChI is InChI=1S/C21H25F2N3O2/c1-5-11-24-20(16-9-12-26(13-10-16)19(27)6-2)15(3)28-17-7-8-18(25-14-17)21(4,22)23/h5-8,11,14,16H,2-3,9-10,12-13H2,1,4H3/b11-5-,24-20+. The minimum atomic E-state index is -3.01. The number of amides is 1. The van der Waals surface area contributed by atoms with E-state index in [0.29, 0.717) is 30.3 Å². The Hall–Kier alpha value is -2.83. The quantitative estimate of drug-likeness (QED) is 0.392. The molecule has 0 N–H and O–H groups in total. The number of carbonyl (C=O) groups excluding carboxylic acids is 1. The van der Waals surface area contributed by atoms with Crippen molar-refractivity contribution in [2.24, 2.45) is 10.9 Å². The van der Waals surface area contributed by atoms with Crippen LogP contribution >= 0.6 is 0 Å². The SMILES string of the molecule is C=CC(=O)N1CCC(/C(=N/C=C\C)C(=C)Oc2ccc(C(C)(F)F)nc2)CC1. The summed E-state index contributed by atoms with van der Waals surface area (Å²) in [6.45, 7) is 11.3. The molecular weight excluding hydrogens is 364 g/mol. The van der Waals surface area contributed by atoms with Gasteiger partial charge in [-0.15, -0.1) is 0 Å². The van der Waals surface area contributed by atoms with Gasteiger partial charge in [0, 0.05) is 32.1 Å². The monoisotopic (exact) mass is 389 g/mol. The number of aromatic nitrogens is 1. The van der Waals surface area contributed by atoms with Crippen LogP contribution in [-0.2, 0) is 10.7 Å². The van der Waals surface area contributed by atoms with Crippen LogP contribution in [0.3, 0.4) is 0 Å². The van der Waals surface area contributed by atoms with Crippen molar-refractivity contribution in [2.75, 3.05) is 13.1 Å². The maximum Gasteiger partial charge on any atom is 0.286 e.